The normalized spacial score (nSPS) is 19.3. The van der Waals surface area contributed by atoms with E-state index in [4.69, 9.17) is 28.4 Å². The van der Waals surface area contributed by atoms with Crippen LogP contribution in [0.5, 0.6) is 23.0 Å². The van der Waals surface area contributed by atoms with Gasteiger partial charge in [-0.3, -0.25) is 0 Å². The van der Waals surface area contributed by atoms with E-state index >= 15 is 0 Å². The lowest BCUT2D eigenvalue weighted by molar-refractivity contribution is 0.248. The van der Waals surface area contributed by atoms with Gasteiger partial charge in [0.15, 0.2) is 23.0 Å². The van der Waals surface area contributed by atoms with E-state index in [9.17, 15) is 10.2 Å². The monoisotopic (exact) mass is 418 g/mol. The van der Waals surface area contributed by atoms with E-state index in [1.54, 1.807) is 26.4 Å². The van der Waals surface area contributed by atoms with Crippen molar-refractivity contribution in [2.24, 2.45) is 0 Å². The highest BCUT2D eigenvalue weighted by molar-refractivity contribution is 5.82. The first-order valence-electron chi connectivity index (χ1n) is 9.79. The predicted octanol–water partition coefficient (Wildman–Crippen LogP) is 1.91. The lowest BCUT2D eigenvalue weighted by Gasteiger charge is -2.21. The van der Waals surface area contributed by atoms with E-state index in [0.717, 1.165) is 0 Å². The van der Waals surface area contributed by atoms with Crippen LogP contribution in [-0.2, 0) is 22.7 Å². The number of benzene rings is 2. The third-order valence-electron chi connectivity index (χ3n) is 4.96. The number of epoxide rings is 2. The fraction of sp³-hybridized carbons (Fsp3) is 0.455. The molecule has 0 bridgehead atoms. The van der Waals surface area contributed by atoms with E-state index in [0.29, 0.717) is 71.7 Å². The van der Waals surface area contributed by atoms with Crippen molar-refractivity contribution in [1.29, 1.82) is 0 Å². The average molecular weight is 418 g/mol. The Morgan fingerprint density at radius 1 is 0.767 bits per heavy atom. The summed E-state index contributed by atoms with van der Waals surface area (Å²) in [5.41, 5.74) is 2.64. The predicted molar refractivity (Wildman–Crippen MR) is 107 cm³/mol. The number of aliphatic hydroxyl groups is 2. The van der Waals surface area contributed by atoms with E-state index < -0.39 is 0 Å². The lowest BCUT2D eigenvalue weighted by Crippen LogP contribution is -2.09. The van der Waals surface area contributed by atoms with Crippen molar-refractivity contribution in [2.75, 3.05) is 40.6 Å². The van der Waals surface area contributed by atoms with E-state index in [1.165, 1.54) is 0 Å². The highest BCUT2D eigenvalue weighted by Gasteiger charge is 2.28. The smallest absolute Gasteiger partial charge is 0.169 e. The van der Waals surface area contributed by atoms with Gasteiger partial charge in [0.1, 0.15) is 25.4 Å². The molecule has 0 saturated carbocycles. The molecule has 2 atom stereocenters. The summed E-state index contributed by atoms with van der Waals surface area (Å²) in [6.45, 7) is 1.75. The highest BCUT2D eigenvalue weighted by Crippen LogP contribution is 2.47. The van der Waals surface area contributed by atoms with Crippen LogP contribution in [0, 0.1) is 0 Å². The number of hydrogen-bond acceptors (Lipinski definition) is 8. The Bertz CT molecular complexity index is 816. The van der Waals surface area contributed by atoms with Gasteiger partial charge in [0.2, 0.25) is 0 Å². The van der Waals surface area contributed by atoms with Gasteiger partial charge < -0.3 is 38.6 Å². The molecule has 2 N–H and O–H groups in total. The van der Waals surface area contributed by atoms with Gasteiger partial charge in [0.05, 0.1) is 40.6 Å². The summed E-state index contributed by atoms with van der Waals surface area (Å²) in [7, 11) is 3.10. The third kappa shape index (κ3) is 4.62. The molecular formula is C22H26O8. The minimum atomic E-state index is -0.168. The van der Waals surface area contributed by atoms with E-state index in [-0.39, 0.29) is 25.4 Å². The molecule has 2 saturated heterocycles. The van der Waals surface area contributed by atoms with Gasteiger partial charge in [-0.1, -0.05) is 0 Å². The van der Waals surface area contributed by atoms with Crippen LogP contribution in [0.1, 0.15) is 11.1 Å². The molecule has 0 aromatic heterocycles. The molecule has 2 fully saturated rings. The Hall–Kier alpha value is -2.52. The summed E-state index contributed by atoms with van der Waals surface area (Å²) in [4.78, 5) is 0. The fourth-order valence-corrected chi connectivity index (χ4v) is 3.18. The molecule has 2 aromatic carbocycles. The maximum atomic E-state index is 9.77. The molecular weight excluding hydrogens is 392 g/mol. The molecule has 0 amide bonds. The van der Waals surface area contributed by atoms with Crippen LogP contribution < -0.4 is 18.9 Å². The van der Waals surface area contributed by atoms with Crippen molar-refractivity contribution >= 4 is 0 Å². The van der Waals surface area contributed by atoms with Crippen molar-refractivity contribution in [3.8, 4) is 34.1 Å². The SMILES string of the molecule is COc1cc(CO)cc(-c2cc(CO)cc(OC)c2OCC2CO2)c1OCC1CO1. The Morgan fingerprint density at radius 2 is 1.17 bits per heavy atom. The summed E-state index contributed by atoms with van der Waals surface area (Å²) < 4.78 is 33.7. The first kappa shape index (κ1) is 20.7. The number of methoxy groups -OCH3 is 2. The molecule has 0 aliphatic carbocycles. The molecule has 8 heteroatoms. The fourth-order valence-electron chi connectivity index (χ4n) is 3.18. The van der Waals surface area contributed by atoms with Gasteiger partial charge in [0.25, 0.3) is 0 Å². The number of hydrogen-bond donors (Lipinski definition) is 2. The van der Waals surface area contributed by atoms with Crippen LogP contribution in [0.3, 0.4) is 0 Å². The molecule has 2 aliphatic heterocycles. The molecule has 2 heterocycles. The van der Waals surface area contributed by atoms with Crippen LogP contribution in [0.15, 0.2) is 24.3 Å². The Labute approximate surface area is 174 Å². The third-order valence-corrected chi connectivity index (χ3v) is 4.96. The summed E-state index contributed by atoms with van der Waals surface area (Å²) in [6.07, 6.45) is 0.113. The van der Waals surface area contributed by atoms with Crippen molar-refractivity contribution in [2.45, 2.75) is 25.4 Å². The summed E-state index contributed by atoms with van der Waals surface area (Å²) in [5, 5.41) is 19.5. The van der Waals surface area contributed by atoms with E-state index in [2.05, 4.69) is 0 Å². The lowest BCUT2D eigenvalue weighted by atomic mass is 9.97. The van der Waals surface area contributed by atoms with Crippen LogP contribution in [-0.4, -0.2) is 63.1 Å². The number of aliphatic hydroxyl groups excluding tert-OH is 2. The molecule has 30 heavy (non-hydrogen) atoms. The van der Waals surface area contributed by atoms with Gasteiger partial charge in [-0.25, -0.2) is 0 Å². The Morgan fingerprint density at radius 3 is 1.47 bits per heavy atom. The largest absolute Gasteiger partial charge is 0.493 e. The van der Waals surface area contributed by atoms with Crippen LogP contribution in [0.25, 0.3) is 11.1 Å². The second-order valence-corrected chi connectivity index (χ2v) is 7.20. The van der Waals surface area contributed by atoms with Crippen molar-refractivity contribution in [3.63, 3.8) is 0 Å². The van der Waals surface area contributed by atoms with Crippen molar-refractivity contribution < 1.29 is 38.6 Å². The summed E-state index contributed by atoms with van der Waals surface area (Å²) in [6, 6.07) is 7.11. The molecule has 0 radical (unpaired) electrons. The summed E-state index contributed by atoms with van der Waals surface area (Å²) >= 11 is 0. The highest BCUT2D eigenvalue weighted by atomic mass is 16.6. The molecule has 2 aliphatic rings. The van der Waals surface area contributed by atoms with Gasteiger partial charge in [0, 0.05) is 11.1 Å². The molecule has 4 rings (SSSR count). The zero-order valence-corrected chi connectivity index (χ0v) is 17.1. The van der Waals surface area contributed by atoms with Crippen LogP contribution in [0.4, 0.5) is 0 Å². The molecule has 162 valence electrons. The zero-order valence-electron chi connectivity index (χ0n) is 17.1. The second-order valence-electron chi connectivity index (χ2n) is 7.20. The van der Waals surface area contributed by atoms with Crippen LogP contribution >= 0.6 is 0 Å². The minimum Gasteiger partial charge on any atom is -0.493 e. The average Bonchev–Trinajstić information content (AvgIpc) is 3.70. The molecule has 2 unspecified atom stereocenters. The molecule has 0 spiro atoms. The summed E-state index contributed by atoms with van der Waals surface area (Å²) in [5.74, 6) is 1.99. The Kier molecular flexibility index (Phi) is 6.29. The van der Waals surface area contributed by atoms with Crippen LogP contribution in [0.2, 0.25) is 0 Å². The topological polar surface area (TPSA) is 102 Å². The second kappa shape index (κ2) is 9.09. The van der Waals surface area contributed by atoms with Gasteiger partial charge >= 0.3 is 0 Å². The first-order valence-corrected chi connectivity index (χ1v) is 9.79. The van der Waals surface area contributed by atoms with Gasteiger partial charge in [-0.15, -0.1) is 0 Å². The molecule has 8 nitrogen and oxygen atoms in total. The number of rotatable bonds is 11. The maximum absolute atomic E-state index is 9.77. The van der Waals surface area contributed by atoms with Gasteiger partial charge in [-0.05, 0) is 35.4 Å². The molecule has 2 aromatic rings. The quantitative estimate of drug-likeness (QED) is 0.534. The maximum Gasteiger partial charge on any atom is 0.169 e. The number of ether oxygens (including phenoxy) is 6. The Balaban J connectivity index is 1.85. The minimum absolute atomic E-state index is 0.0566. The first-order chi connectivity index (χ1) is 14.7. The van der Waals surface area contributed by atoms with Gasteiger partial charge in [-0.2, -0.15) is 0 Å². The van der Waals surface area contributed by atoms with Crippen molar-refractivity contribution in [1.82, 2.24) is 0 Å². The van der Waals surface area contributed by atoms with Crippen molar-refractivity contribution in [3.05, 3.63) is 35.4 Å². The van der Waals surface area contributed by atoms with E-state index in [1.807, 2.05) is 12.1 Å². The zero-order chi connectivity index (χ0) is 21.1. The standard InChI is InChI=1S/C22H26O8/c1-25-19-5-13(7-23)3-17(21(19)29-11-15-9-27-15)18-4-14(8-24)6-20(26-2)22(18)30-12-16-10-28-16/h3-6,15-16,23-24H,7-12H2,1-2H3.